The van der Waals surface area contributed by atoms with E-state index in [1.807, 2.05) is 11.8 Å². The maximum absolute atomic E-state index is 5.89. The summed E-state index contributed by atoms with van der Waals surface area (Å²) in [6, 6.07) is 0. The monoisotopic (exact) mass is 258 g/mol. The summed E-state index contributed by atoms with van der Waals surface area (Å²) >= 11 is 7.18. The smallest absolute Gasteiger partial charge is 0.220 e. The van der Waals surface area contributed by atoms with Gasteiger partial charge in [-0.2, -0.15) is 0 Å². The summed E-state index contributed by atoms with van der Waals surface area (Å²) in [6.45, 7) is 0. The van der Waals surface area contributed by atoms with Gasteiger partial charge < -0.3 is 4.74 Å². The molecule has 0 aliphatic heterocycles. The van der Waals surface area contributed by atoms with Crippen molar-refractivity contribution < 1.29 is 4.74 Å². The highest BCUT2D eigenvalue weighted by Gasteiger charge is 2.20. The summed E-state index contributed by atoms with van der Waals surface area (Å²) in [5.41, 5.74) is 0. The topological polar surface area (TPSA) is 9.23 Å². The Hall–Kier alpha value is 0.240. The molecule has 2 aliphatic carbocycles. The Morgan fingerprint density at radius 2 is 1.44 bits per heavy atom. The second kappa shape index (κ2) is 6.85. The van der Waals surface area contributed by atoms with Gasteiger partial charge in [-0.15, -0.1) is 0 Å². The zero-order valence-electron chi connectivity index (χ0n) is 9.95. The Labute approximate surface area is 109 Å². The van der Waals surface area contributed by atoms with Crippen LogP contribution < -0.4 is 0 Å². The van der Waals surface area contributed by atoms with Crippen LogP contribution in [0, 0.1) is 0 Å². The summed E-state index contributed by atoms with van der Waals surface area (Å²) in [5, 5.41) is 0.741. The number of rotatable bonds is 2. The summed E-state index contributed by atoms with van der Waals surface area (Å²) in [7, 11) is 0. The van der Waals surface area contributed by atoms with Gasteiger partial charge in [0.1, 0.15) is 6.10 Å². The molecule has 0 N–H and O–H groups in total. The molecule has 1 nitrogen and oxygen atoms in total. The van der Waals surface area contributed by atoms with Crippen molar-refractivity contribution in [1.82, 2.24) is 0 Å². The molecule has 0 heterocycles. The van der Waals surface area contributed by atoms with Crippen molar-refractivity contribution >= 4 is 28.4 Å². The van der Waals surface area contributed by atoms with Crippen molar-refractivity contribution in [2.75, 3.05) is 0 Å². The van der Waals surface area contributed by atoms with E-state index in [9.17, 15) is 0 Å². The standard InChI is InChI=1S/C13H22OS2/c15-13(14-11-7-3-1-4-8-11)16-12-9-5-2-6-10-12/h11-12H,1-10H2. The van der Waals surface area contributed by atoms with E-state index >= 15 is 0 Å². The first kappa shape index (κ1) is 12.7. The number of hydrogen-bond acceptors (Lipinski definition) is 3. The van der Waals surface area contributed by atoms with E-state index in [1.54, 1.807) is 0 Å². The summed E-state index contributed by atoms with van der Waals surface area (Å²) in [4.78, 5) is 0. The van der Waals surface area contributed by atoms with Gasteiger partial charge >= 0.3 is 0 Å². The zero-order valence-corrected chi connectivity index (χ0v) is 11.6. The van der Waals surface area contributed by atoms with Crippen molar-refractivity contribution in [2.24, 2.45) is 0 Å². The van der Waals surface area contributed by atoms with Crippen molar-refractivity contribution in [3.05, 3.63) is 0 Å². The normalized spacial score (nSPS) is 24.2. The minimum absolute atomic E-state index is 0.428. The number of thioether (sulfide) groups is 1. The molecule has 16 heavy (non-hydrogen) atoms. The van der Waals surface area contributed by atoms with Crippen molar-refractivity contribution in [3.63, 3.8) is 0 Å². The third kappa shape index (κ3) is 4.25. The molecule has 3 heteroatoms. The largest absolute Gasteiger partial charge is 0.475 e. The van der Waals surface area contributed by atoms with Crippen LogP contribution in [0.1, 0.15) is 64.2 Å². The Bertz CT molecular complexity index is 196. The molecule has 0 aromatic carbocycles. The Balaban J connectivity index is 1.66. The third-order valence-corrected chi connectivity index (χ3v) is 5.11. The van der Waals surface area contributed by atoms with Gasteiger partial charge in [-0.25, -0.2) is 0 Å². The SMILES string of the molecule is S=C(OC1CCCCC1)SC1CCCCC1. The van der Waals surface area contributed by atoms with Crippen molar-refractivity contribution in [3.8, 4) is 0 Å². The lowest BCUT2D eigenvalue weighted by molar-refractivity contribution is 0.152. The Morgan fingerprint density at radius 1 is 0.875 bits per heavy atom. The van der Waals surface area contributed by atoms with E-state index in [0.717, 1.165) is 9.63 Å². The molecule has 0 saturated heterocycles. The van der Waals surface area contributed by atoms with Crippen molar-refractivity contribution in [1.29, 1.82) is 0 Å². The highest BCUT2D eigenvalue weighted by Crippen LogP contribution is 2.31. The first-order valence-corrected chi connectivity index (χ1v) is 8.00. The van der Waals surface area contributed by atoms with Gasteiger partial charge in [-0.1, -0.05) is 37.4 Å². The van der Waals surface area contributed by atoms with Crippen LogP contribution in [0.5, 0.6) is 0 Å². The average Bonchev–Trinajstić information content (AvgIpc) is 2.31. The minimum atomic E-state index is 0.428. The lowest BCUT2D eigenvalue weighted by atomic mass is 9.98. The first-order valence-electron chi connectivity index (χ1n) is 6.72. The van der Waals surface area contributed by atoms with E-state index in [0.29, 0.717) is 6.10 Å². The highest BCUT2D eigenvalue weighted by atomic mass is 32.2. The maximum atomic E-state index is 5.89. The second-order valence-corrected chi connectivity index (χ2v) is 6.91. The molecule has 0 amide bonds. The predicted octanol–water partition coefficient (Wildman–Crippen LogP) is 4.69. The van der Waals surface area contributed by atoms with Gasteiger partial charge in [0.2, 0.25) is 4.38 Å². The van der Waals surface area contributed by atoms with Crippen LogP contribution in [-0.2, 0) is 4.74 Å². The Morgan fingerprint density at radius 3 is 2.06 bits per heavy atom. The first-order chi connectivity index (χ1) is 7.84. The highest BCUT2D eigenvalue weighted by molar-refractivity contribution is 8.23. The van der Waals surface area contributed by atoms with Crippen LogP contribution in [0.15, 0.2) is 0 Å². The van der Waals surface area contributed by atoms with Crippen LogP contribution in [0.3, 0.4) is 0 Å². The van der Waals surface area contributed by atoms with E-state index in [2.05, 4.69) is 0 Å². The molecular weight excluding hydrogens is 236 g/mol. The van der Waals surface area contributed by atoms with E-state index < -0.39 is 0 Å². The minimum Gasteiger partial charge on any atom is -0.475 e. The van der Waals surface area contributed by atoms with Crippen LogP contribution in [0.2, 0.25) is 0 Å². The molecular formula is C13H22OS2. The van der Waals surface area contributed by atoms with Crippen LogP contribution in [0.4, 0.5) is 0 Å². The quantitative estimate of drug-likeness (QED) is 0.665. The van der Waals surface area contributed by atoms with Gasteiger partial charge in [-0.3, -0.25) is 0 Å². The fourth-order valence-corrected chi connectivity index (χ4v) is 4.24. The van der Waals surface area contributed by atoms with Crippen LogP contribution >= 0.6 is 24.0 Å². The second-order valence-electron chi connectivity index (χ2n) is 5.01. The summed E-state index contributed by atoms with van der Waals surface area (Å²) in [6.07, 6.45) is 13.7. The average molecular weight is 258 g/mol. The fourth-order valence-electron chi connectivity index (χ4n) is 2.67. The van der Waals surface area contributed by atoms with Gasteiger partial charge in [-0.05, 0) is 50.7 Å². The third-order valence-electron chi connectivity index (χ3n) is 3.63. The Kier molecular flexibility index (Phi) is 5.43. The summed E-state index contributed by atoms with van der Waals surface area (Å²) < 4.78 is 6.71. The van der Waals surface area contributed by atoms with Crippen molar-refractivity contribution in [2.45, 2.75) is 75.6 Å². The molecule has 2 fully saturated rings. The number of hydrogen-bond donors (Lipinski definition) is 0. The predicted molar refractivity (Wildman–Crippen MR) is 75.0 cm³/mol. The van der Waals surface area contributed by atoms with Gasteiger partial charge in [0.25, 0.3) is 0 Å². The number of ether oxygens (including phenoxy) is 1. The van der Waals surface area contributed by atoms with Gasteiger partial charge in [0.05, 0.1) is 0 Å². The molecule has 0 aromatic rings. The van der Waals surface area contributed by atoms with Crippen LogP contribution in [-0.4, -0.2) is 15.7 Å². The fraction of sp³-hybridized carbons (Fsp3) is 0.923. The molecule has 2 rings (SSSR count). The van der Waals surface area contributed by atoms with Gasteiger partial charge in [0, 0.05) is 5.25 Å². The maximum Gasteiger partial charge on any atom is 0.220 e. The molecule has 92 valence electrons. The lowest BCUT2D eigenvalue weighted by Crippen LogP contribution is -2.20. The zero-order chi connectivity index (χ0) is 11.2. The molecule has 0 radical (unpaired) electrons. The van der Waals surface area contributed by atoms with E-state index in [-0.39, 0.29) is 0 Å². The number of thiocarbonyl (C=S) groups is 1. The molecule has 0 bridgehead atoms. The molecule has 2 aliphatic rings. The van der Waals surface area contributed by atoms with Crippen LogP contribution in [0.25, 0.3) is 0 Å². The molecule has 0 aromatic heterocycles. The van der Waals surface area contributed by atoms with E-state index in [1.165, 1.54) is 64.2 Å². The summed E-state index contributed by atoms with van der Waals surface area (Å²) in [5.74, 6) is 0. The molecule has 0 spiro atoms. The molecule has 2 saturated carbocycles. The molecule has 0 atom stereocenters. The molecule has 0 unspecified atom stereocenters. The lowest BCUT2D eigenvalue weighted by Gasteiger charge is -2.25. The van der Waals surface area contributed by atoms with E-state index in [4.69, 9.17) is 17.0 Å². The van der Waals surface area contributed by atoms with Gasteiger partial charge in [0.15, 0.2) is 0 Å².